The van der Waals surface area contributed by atoms with E-state index in [2.05, 4.69) is 32.9 Å². The standard InChI is InChI=1S/C15H26O3/c1-11(2)14-9-5-4-7-12(3)13(16)8-6-10-15(17)18-14/h4-5,11-14,16H,6-10H2,1-3H3/b5-4+/t12?,13?,14-/m1/s1. The summed E-state index contributed by atoms with van der Waals surface area (Å²) in [5, 5.41) is 9.90. The fourth-order valence-electron chi connectivity index (χ4n) is 2.12. The predicted octanol–water partition coefficient (Wildman–Crippen LogP) is 3.07. The Morgan fingerprint density at radius 3 is 2.67 bits per heavy atom. The van der Waals surface area contributed by atoms with E-state index in [1.807, 2.05) is 0 Å². The topological polar surface area (TPSA) is 46.5 Å². The molecule has 2 unspecified atom stereocenters. The van der Waals surface area contributed by atoms with Gasteiger partial charge >= 0.3 is 5.97 Å². The van der Waals surface area contributed by atoms with Gasteiger partial charge < -0.3 is 9.84 Å². The first-order valence-electron chi connectivity index (χ1n) is 7.03. The lowest BCUT2D eigenvalue weighted by Gasteiger charge is -2.22. The molecule has 0 aromatic carbocycles. The fraction of sp³-hybridized carbons (Fsp3) is 0.800. The van der Waals surface area contributed by atoms with Crippen LogP contribution in [0.15, 0.2) is 12.2 Å². The van der Waals surface area contributed by atoms with Crippen molar-refractivity contribution in [2.75, 3.05) is 0 Å². The molecule has 0 aromatic heterocycles. The number of allylic oxidation sites excluding steroid dienone is 1. The summed E-state index contributed by atoms with van der Waals surface area (Å²) in [6, 6.07) is 0. The molecule has 0 saturated carbocycles. The number of aliphatic hydroxyl groups excluding tert-OH is 1. The highest BCUT2D eigenvalue weighted by Gasteiger charge is 2.19. The first kappa shape index (κ1) is 15.2. The Hall–Kier alpha value is -0.830. The molecule has 0 radical (unpaired) electrons. The number of hydrogen-bond acceptors (Lipinski definition) is 3. The van der Waals surface area contributed by atoms with Gasteiger partial charge in [-0.15, -0.1) is 0 Å². The number of esters is 1. The van der Waals surface area contributed by atoms with Gasteiger partial charge in [-0.05, 0) is 31.1 Å². The Balaban J connectivity index is 2.64. The lowest BCUT2D eigenvalue weighted by molar-refractivity contribution is -0.151. The lowest BCUT2D eigenvalue weighted by Crippen LogP contribution is -2.24. The Kier molecular flexibility index (Phi) is 6.41. The number of carbonyl (C=O) groups excluding carboxylic acids is 1. The molecular formula is C15H26O3. The third kappa shape index (κ3) is 5.21. The molecular weight excluding hydrogens is 228 g/mol. The highest BCUT2D eigenvalue weighted by Crippen LogP contribution is 2.19. The van der Waals surface area contributed by atoms with Gasteiger partial charge in [0.1, 0.15) is 6.10 Å². The van der Waals surface area contributed by atoms with Crippen LogP contribution in [-0.2, 0) is 9.53 Å². The van der Waals surface area contributed by atoms with Crippen molar-refractivity contribution in [1.82, 2.24) is 0 Å². The van der Waals surface area contributed by atoms with Gasteiger partial charge in [-0.25, -0.2) is 0 Å². The van der Waals surface area contributed by atoms with E-state index in [0.29, 0.717) is 25.2 Å². The summed E-state index contributed by atoms with van der Waals surface area (Å²) in [6.07, 6.45) is 7.29. The molecule has 1 aliphatic heterocycles. The second kappa shape index (κ2) is 7.57. The average Bonchev–Trinajstić information content (AvgIpc) is 2.30. The Bertz CT molecular complexity index is 283. The zero-order chi connectivity index (χ0) is 13.5. The van der Waals surface area contributed by atoms with Gasteiger partial charge in [-0.3, -0.25) is 4.79 Å². The molecule has 1 rings (SSSR count). The molecule has 3 atom stereocenters. The van der Waals surface area contributed by atoms with Crippen molar-refractivity contribution >= 4 is 5.97 Å². The Labute approximate surface area is 110 Å². The molecule has 3 nitrogen and oxygen atoms in total. The maximum absolute atomic E-state index is 11.7. The number of aliphatic hydroxyl groups is 1. The second-order valence-electron chi connectivity index (χ2n) is 5.65. The van der Waals surface area contributed by atoms with Gasteiger partial charge in [0.15, 0.2) is 0 Å². The predicted molar refractivity (Wildman–Crippen MR) is 72.1 cm³/mol. The number of hydrogen-bond donors (Lipinski definition) is 1. The van der Waals surface area contributed by atoms with Crippen molar-refractivity contribution in [3.63, 3.8) is 0 Å². The quantitative estimate of drug-likeness (QED) is 0.578. The van der Waals surface area contributed by atoms with Gasteiger partial charge in [-0.1, -0.05) is 32.9 Å². The van der Waals surface area contributed by atoms with E-state index >= 15 is 0 Å². The smallest absolute Gasteiger partial charge is 0.306 e. The zero-order valence-electron chi connectivity index (χ0n) is 11.8. The molecule has 1 N–H and O–H groups in total. The minimum atomic E-state index is -0.317. The molecule has 0 fully saturated rings. The largest absolute Gasteiger partial charge is 0.462 e. The van der Waals surface area contributed by atoms with Crippen LogP contribution in [0.5, 0.6) is 0 Å². The lowest BCUT2D eigenvalue weighted by atomic mass is 9.95. The van der Waals surface area contributed by atoms with Crippen LogP contribution >= 0.6 is 0 Å². The summed E-state index contributed by atoms with van der Waals surface area (Å²) in [4.78, 5) is 11.7. The molecule has 1 aliphatic rings. The Morgan fingerprint density at radius 2 is 2.00 bits per heavy atom. The van der Waals surface area contributed by atoms with E-state index in [-0.39, 0.29) is 24.1 Å². The number of ether oxygens (including phenoxy) is 1. The maximum atomic E-state index is 11.7. The van der Waals surface area contributed by atoms with E-state index in [9.17, 15) is 9.90 Å². The van der Waals surface area contributed by atoms with Crippen LogP contribution in [0, 0.1) is 11.8 Å². The number of cyclic esters (lactones) is 1. The summed E-state index contributed by atoms with van der Waals surface area (Å²) in [5.41, 5.74) is 0. The second-order valence-corrected chi connectivity index (χ2v) is 5.65. The SMILES string of the molecule is CC1C/C=C/C[C@H](C(C)C)OC(=O)CCCC1O. The fourth-order valence-corrected chi connectivity index (χ4v) is 2.12. The minimum Gasteiger partial charge on any atom is -0.462 e. The molecule has 3 heteroatoms. The number of carbonyl (C=O) groups is 1. The molecule has 1 heterocycles. The van der Waals surface area contributed by atoms with E-state index in [0.717, 1.165) is 12.8 Å². The van der Waals surface area contributed by atoms with Crippen LogP contribution < -0.4 is 0 Å². The van der Waals surface area contributed by atoms with Crippen molar-refractivity contribution < 1.29 is 14.6 Å². The molecule has 104 valence electrons. The van der Waals surface area contributed by atoms with Gasteiger partial charge in [0.2, 0.25) is 0 Å². The van der Waals surface area contributed by atoms with E-state index < -0.39 is 0 Å². The molecule has 0 saturated heterocycles. The molecule has 0 aromatic rings. The summed E-state index contributed by atoms with van der Waals surface area (Å²) in [7, 11) is 0. The Morgan fingerprint density at radius 1 is 1.33 bits per heavy atom. The molecule has 0 amide bonds. The van der Waals surface area contributed by atoms with E-state index in [1.54, 1.807) is 0 Å². The third-order valence-corrected chi connectivity index (χ3v) is 3.61. The van der Waals surface area contributed by atoms with Crippen LogP contribution in [0.25, 0.3) is 0 Å². The summed E-state index contributed by atoms with van der Waals surface area (Å²) in [6.45, 7) is 6.20. The summed E-state index contributed by atoms with van der Waals surface area (Å²) >= 11 is 0. The van der Waals surface area contributed by atoms with Crippen molar-refractivity contribution in [3.8, 4) is 0 Å². The van der Waals surface area contributed by atoms with Crippen LogP contribution in [0.1, 0.15) is 52.9 Å². The monoisotopic (exact) mass is 254 g/mol. The van der Waals surface area contributed by atoms with Crippen molar-refractivity contribution in [3.05, 3.63) is 12.2 Å². The van der Waals surface area contributed by atoms with Crippen molar-refractivity contribution in [1.29, 1.82) is 0 Å². The first-order chi connectivity index (χ1) is 8.50. The maximum Gasteiger partial charge on any atom is 0.306 e. The van der Waals surface area contributed by atoms with Crippen LogP contribution in [-0.4, -0.2) is 23.3 Å². The molecule has 0 spiro atoms. The molecule has 18 heavy (non-hydrogen) atoms. The highest BCUT2D eigenvalue weighted by atomic mass is 16.5. The summed E-state index contributed by atoms with van der Waals surface area (Å²) in [5.74, 6) is 0.460. The minimum absolute atomic E-state index is 0.0200. The van der Waals surface area contributed by atoms with Gasteiger partial charge in [0.25, 0.3) is 0 Å². The third-order valence-electron chi connectivity index (χ3n) is 3.61. The molecule has 0 bridgehead atoms. The summed E-state index contributed by atoms with van der Waals surface area (Å²) < 4.78 is 5.47. The van der Waals surface area contributed by atoms with Crippen molar-refractivity contribution in [2.24, 2.45) is 11.8 Å². The molecule has 0 aliphatic carbocycles. The van der Waals surface area contributed by atoms with Gasteiger partial charge in [-0.2, -0.15) is 0 Å². The zero-order valence-corrected chi connectivity index (χ0v) is 11.8. The normalized spacial score (nSPS) is 33.4. The first-order valence-corrected chi connectivity index (χ1v) is 7.03. The average molecular weight is 254 g/mol. The highest BCUT2D eigenvalue weighted by molar-refractivity contribution is 5.69. The van der Waals surface area contributed by atoms with Crippen LogP contribution in [0.4, 0.5) is 0 Å². The van der Waals surface area contributed by atoms with Gasteiger partial charge in [0.05, 0.1) is 6.10 Å². The van der Waals surface area contributed by atoms with Gasteiger partial charge in [0, 0.05) is 12.8 Å². The van der Waals surface area contributed by atoms with Crippen molar-refractivity contribution in [2.45, 2.75) is 65.1 Å². The van der Waals surface area contributed by atoms with Crippen LogP contribution in [0.2, 0.25) is 0 Å². The van der Waals surface area contributed by atoms with Crippen LogP contribution in [0.3, 0.4) is 0 Å². The van der Waals surface area contributed by atoms with E-state index in [4.69, 9.17) is 4.74 Å². The number of rotatable bonds is 1. The van der Waals surface area contributed by atoms with E-state index in [1.165, 1.54) is 0 Å².